The lowest BCUT2D eigenvalue weighted by molar-refractivity contribution is -0.116. The van der Waals surface area contributed by atoms with Crippen molar-refractivity contribution in [3.8, 4) is 0 Å². The van der Waals surface area contributed by atoms with Crippen molar-refractivity contribution in [1.82, 2.24) is 10.3 Å². The van der Waals surface area contributed by atoms with Gasteiger partial charge in [0.2, 0.25) is 0 Å². The maximum atomic E-state index is 10.6. The molecule has 0 fully saturated rings. The van der Waals surface area contributed by atoms with Crippen LogP contribution in [-0.4, -0.2) is 24.7 Å². The second-order valence-electron chi connectivity index (χ2n) is 2.63. The molecule has 0 aromatic carbocycles. The zero-order chi connectivity index (χ0) is 8.20. The number of hydrazine groups is 1. The van der Waals surface area contributed by atoms with Crippen molar-refractivity contribution in [3.05, 3.63) is 12.7 Å². The van der Waals surface area contributed by atoms with E-state index >= 15 is 0 Å². The van der Waals surface area contributed by atoms with E-state index in [1.54, 1.807) is 0 Å². The van der Waals surface area contributed by atoms with Crippen molar-refractivity contribution in [2.75, 3.05) is 18.8 Å². The minimum absolute atomic E-state index is 0. The lowest BCUT2D eigenvalue weighted by Crippen LogP contribution is -2.37. The molecule has 0 aliphatic carbocycles. The molecule has 0 aromatic rings. The summed E-state index contributed by atoms with van der Waals surface area (Å²) in [7, 11) is -0.859. The molecule has 0 atom stereocenters. The summed E-state index contributed by atoms with van der Waals surface area (Å²) in [4.78, 5) is 13.5. The van der Waals surface area contributed by atoms with Crippen LogP contribution >= 0.6 is 22.6 Å². The van der Waals surface area contributed by atoms with Crippen LogP contribution in [0.25, 0.3) is 0 Å². The Kier molecular flexibility index (Phi) is 6.65. The molecule has 0 spiro atoms. The van der Waals surface area contributed by atoms with E-state index in [9.17, 15) is 4.79 Å². The Hall–Kier alpha value is -0.190. The van der Waals surface area contributed by atoms with Gasteiger partial charge in [0.05, 0.1) is 0 Å². The third kappa shape index (κ3) is 9.81. The fourth-order valence-electron chi connectivity index (χ4n) is 0.254. The van der Waals surface area contributed by atoms with Crippen LogP contribution in [0.5, 0.6) is 0 Å². The summed E-state index contributed by atoms with van der Waals surface area (Å²) in [6.07, 6.45) is 7.35. The quantitative estimate of drug-likeness (QED) is 0.521. The van der Waals surface area contributed by atoms with Gasteiger partial charge < -0.3 is 0 Å². The third-order valence-electron chi connectivity index (χ3n) is 0.666. The molecule has 2 N–H and O–H groups in total. The molecule has 68 valence electrons. The van der Waals surface area contributed by atoms with E-state index in [0.29, 0.717) is 0 Å². The number of hydrogen-bond donors (Lipinski definition) is 2. The number of hydrogen-bond acceptors (Lipinski definition) is 2. The summed E-state index contributed by atoms with van der Waals surface area (Å²) in [6, 6.07) is 0. The number of halogens is 1. The van der Waals surface area contributed by atoms with E-state index in [-0.39, 0.29) is 18.3 Å². The molecule has 0 aromatic heterocycles. The van der Waals surface area contributed by atoms with Gasteiger partial charge in [0.25, 0.3) is 5.91 Å². The summed E-state index contributed by atoms with van der Waals surface area (Å²) in [5, 5.41) is 0. The molecule has 1 amide bonds. The Morgan fingerprint density at radius 1 is 1.45 bits per heavy atom. The average Bonchev–Trinajstić information content (AvgIpc) is 1.81. The van der Waals surface area contributed by atoms with Crippen molar-refractivity contribution in [2.24, 2.45) is 0 Å². The van der Waals surface area contributed by atoms with Crippen molar-refractivity contribution < 1.29 is 4.79 Å². The van der Waals surface area contributed by atoms with E-state index in [4.69, 9.17) is 0 Å². The molecule has 0 heterocycles. The highest BCUT2D eigenvalue weighted by Crippen LogP contribution is 2.26. The number of nitrogens with one attached hydrogen (secondary N) is 2. The first kappa shape index (κ1) is 13.4. The Morgan fingerprint density at radius 2 is 1.91 bits per heavy atom. The van der Waals surface area contributed by atoms with Gasteiger partial charge in [-0.1, -0.05) is 6.58 Å². The van der Waals surface area contributed by atoms with Gasteiger partial charge in [-0.05, 0) is 24.8 Å². The van der Waals surface area contributed by atoms with Crippen LogP contribution in [-0.2, 0) is 4.79 Å². The van der Waals surface area contributed by atoms with E-state index in [1.807, 2.05) is 18.8 Å². The van der Waals surface area contributed by atoms with Gasteiger partial charge in [-0.2, -0.15) is 15.0 Å². The average molecular weight is 199 g/mol. The van der Waals surface area contributed by atoms with Crippen molar-refractivity contribution in [3.63, 3.8) is 0 Å². The molecular formula is C6H15ClN2OS. The van der Waals surface area contributed by atoms with E-state index in [1.165, 1.54) is 6.08 Å². The smallest absolute Gasteiger partial charge is 0.258 e. The lowest BCUT2D eigenvalue weighted by Gasteiger charge is -2.26. The minimum Gasteiger partial charge on any atom is -0.280 e. The van der Waals surface area contributed by atoms with E-state index in [2.05, 4.69) is 16.8 Å². The molecule has 0 aliphatic heterocycles. The van der Waals surface area contributed by atoms with Crippen LogP contribution in [0.4, 0.5) is 0 Å². The SMILES string of the molecule is C=CC(=O)NNS(C)(C)C.Cl. The van der Waals surface area contributed by atoms with Crippen molar-refractivity contribution >= 4 is 28.5 Å². The van der Waals surface area contributed by atoms with Crippen LogP contribution in [0.15, 0.2) is 12.7 Å². The maximum absolute atomic E-state index is 10.6. The molecule has 11 heavy (non-hydrogen) atoms. The number of carbonyl (C=O) groups is 1. The van der Waals surface area contributed by atoms with Gasteiger partial charge in [-0.25, -0.2) is 0 Å². The molecular weight excluding hydrogens is 184 g/mol. The predicted molar refractivity (Wildman–Crippen MR) is 54.1 cm³/mol. The normalized spacial score (nSPS) is 11.2. The van der Waals surface area contributed by atoms with E-state index < -0.39 is 10.2 Å². The highest BCUT2D eigenvalue weighted by atomic mass is 35.5. The number of carbonyl (C=O) groups excluding carboxylic acids is 1. The zero-order valence-electron chi connectivity index (χ0n) is 7.01. The lowest BCUT2D eigenvalue weighted by atomic mass is 10.6. The molecule has 0 aliphatic rings. The maximum Gasteiger partial charge on any atom is 0.258 e. The molecule has 0 saturated heterocycles. The highest BCUT2D eigenvalue weighted by molar-refractivity contribution is 8.30. The zero-order valence-corrected chi connectivity index (χ0v) is 8.64. The highest BCUT2D eigenvalue weighted by Gasteiger charge is 2.01. The Bertz CT molecular complexity index is 144. The predicted octanol–water partition coefficient (Wildman–Crippen LogP) is 0.824. The topological polar surface area (TPSA) is 41.1 Å². The first-order valence-electron chi connectivity index (χ1n) is 2.83. The van der Waals surface area contributed by atoms with Crippen LogP contribution in [0.3, 0.4) is 0 Å². The van der Waals surface area contributed by atoms with Gasteiger partial charge in [0.1, 0.15) is 0 Å². The van der Waals surface area contributed by atoms with Crippen LogP contribution in [0.2, 0.25) is 0 Å². The van der Waals surface area contributed by atoms with Crippen molar-refractivity contribution in [2.45, 2.75) is 0 Å². The molecule has 0 radical (unpaired) electrons. The largest absolute Gasteiger partial charge is 0.280 e. The fourth-order valence-corrected chi connectivity index (χ4v) is 0.661. The number of amides is 1. The van der Waals surface area contributed by atoms with Crippen LogP contribution in [0, 0.1) is 0 Å². The molecule has 0 rings (SSSR count). The summed E-state index contributed by atoms with van der Waals surface area (Å²) in [6.45, 7) is 3.32. The number of rotatable bonds is 3. The Morgan fingerprint density at radius 3 is 2.18 bits per heavy atom. The van der Waals surface area contributed by atoms with E-state index in [0.717, 1.165) is 0 Å². The molecule has 0 saturated carbocycles. The van der Waals surface area contributed by atoms with Gasteiger partial charge in [-0.3, -0.25) is 10.2 Å². The summed E-state index contributed by atoms with van der Waals surface area (Å²) in [5.74, 6) is -0.192. The summed E-state index contributed by atoms with van der Waals surface area (Å²) in [5.41, 5.74) is 2.50. The molecule has 0 unspecified atom stereocenters. The Balaban J connectivity index is 0. The standard InChI is InChI=1S/C6H14N2OS.ClH/c1-5-6(9)7-8-10(2,3)4;/h5,8H,1H2,2-4H3,(H,7,9);1H. The summed E-state index contributed by atoms with van der Waals surface area (Å²) < 4.78 is 0. The second-order valence-corrected chi connectivity index (χ2v) is 6.51. The van der Waals surface area contributed by atoms with Gasteiger partial charge >= 0.3 is 0 Å². The molecule has 3 nitrogen and oxygen atoms in total. The molecule has 0 bridgehead atoms. The monoisotopic (exact) mass is 198 g/mol. The Labute approximate surface area is 75.5 Å². The van der Waals surface area contributed by atoms with Gasteiger partial charge in [-0.15, -0.1) is 12.4 Å². The third-order valence-corrected chi connectivity index (χ3v) is 1.38. The van der Waals surface area contributed by atoms with Gasteiger partial charge in [0.15, 0.2) is 0 Å². The first-order valence-corrected chi connectivity index (χ1v) is 5.69. The van der Waals surface area contributed by atoms with Crippen LogP contribution in [0.1, 0.15) is 0 Å². The fraction of sp³-hybridized carbons (Fsp3) is 0.500. The van der Waals surface area contributed by atoms with Crippen molar-refractivity contribution in [1.29, 1.82) is 0 Å². The van der Waals surface area contributed by atoms with Crippen LogP contribution < -0.4 is 10.3 Å². The van der Waals surface area contributed by atoms with Gasteiger partial charge in [0, 0.05) is 0 Å². The summed E-state index contributed by atoms with van der Waals surface area (Å²) >= 11 is 0. The second kappa shape index (κ2) is 5.46. The first-order chi connectivity index (χ1) is 4.45. The minimum atomic E-state index is -0.859. The molecule has 5 heteroatoms.